The molecule has 1 N–H and O–H groups in total. The average Bonchev–Trinajstić information content (AvgIpc) is 3.03. The first-order chi connectivity index (χ1) is 10.5. The molecule has 1 aromatic carbocycles. The summed E-state index contributed by atoms with van der Waals surface area (Å²) >= 11 is 12.5. The van der Waals surface area contributed by atoms with E-state index in [0.717, 1.165) is 5.69 Å². The fraction of sp³-hybridized carbons (Fsp3) is 0.200. The maximum Gasteiger partial charge on any atom is 0.344 e. The molecule has 7 heteroatoms. The highest BCUT2D eigenvalue weighted by atomic mass is 35.5. The second-order valence-corrected chi connectivity index (χ2v) is 5.04. The number of carbonyl (C=O) groups is 1. The molecule has 0 aliphatic rings. The summed E-state index contributed by atoms with van der Waals surface area (Å²) in [5, 5.41) is 7.18. The van der Waals surface area contributed by atoms with E-state index >= 15 is 0 Å². The van der Waals surface area contributed by atoms with Crippen LogP contribution in [0.4, 0.5) is 0 Å². The van der Waals surface area contributed by atoms with Gasteiger partial charge < -0.3 is 9.47 Å². The summed E-state index contributed by atoms with van der Waals surface area (Å²) in [5.41, 5.74) is 2.04. The van der Waals surface area contributed by atoms with Crippen LogP contribution in [0.5, 0.6) is 5.75 Å². The van der Waals surface area contributed by atoms with E-state index in [4.69, 9.17) is 32.7 Å². The van der Waals surface area contributed by atoms with E-state index in [1.807, 2.05) is 0 Å². The van der Waals surface area contributed by atoms with Crippen LogP contribution in [-0.2, 0) is 9.53 Å². The zero-order valence-electron chi connectivity index (χ0n) is 11.9. The molecule has 0 bridgehead atoms. The summed E-state index contributed by atoms with van der Waals surface area (Å²) < 4.78 is 10.1. The number of esters is 1. The van der Waals surface area contributed by atoms with Crippen molar-refractivity contribution in [3.8, 4) is 5.75 Å². The van der Waals surface area contributed by atoms with Crippen molar-refractivity contribution in [2.45, 2.75) is 6.92 Å². The van der Waals surface area contributed by atoms with Gasteiger partial charge in [-0.05, 0) is 25.1 Å². The summed E-state index contributed by atoms with van der Waals surface area (Å²) in [4.78, 5) is 11.3. The predicted molar refractivity (Wildman–Crippen MR) is 85.3 cm³/mol. The normalized spacial score (nSPS) is 10.3. The van der Waals surface area contributed by atoms with Crippen molar-refractivity contribution < 1.29 is 14.3 Å². The van der Waals surface area contributed by atoms with Gasteiger partial charge in [0, 0.05) is 17.3 Å². The quantitative estimate of drug-likeness (QED) is 0.814. The Hall–Kier alpha value is -1.98. The minimum Gasteiger partial charge on any atom is -0.480 e. The Morgan fingerprint density at radius 1 is 1.32 bits per heavy atom. The molecule has 0 saturated heterocycles. The number of hydrogen-bond acceptors (Lipinski definition) is 4. The van der Waals surface area contributed by atoms with Crippen molar-refractivity contribution in [3.63, 3.8) is 0 Å². The Morgan fingerprint density at radius 2 is 2.09 bits per heavy atom. The fourth-order valence-corrected chi connectivity index (χ4v) is 2.27. The van der Waals surface area contributed by atoms with Gasteiger partial charge in [0.05, 0.1) is 17.3 Å². The second-order valence-electron chi connectivity index (χ2n) is 4.28. The van der Waals surface area contributed by atoms with Crippen LogP contribution in [0.2, 0.25) is 10.0 Å². The highest BCUT2D eigenvalue weighted by molar-refractivity contribution is 6.44. The van der Waals surface area contributed by atoms with Crippen molar-refractivity contribution in [1.29, 1.82) is 0 Å². The Bertz CT molecular complexity index is 684. The Balaban J connectivity index is 2.18. The molecule has 0 saturated carbocycles. The van der Waals surface area contributed by atoms with Gasteiger partial charge in [-0.2, -0.15) is 5.10 Å². The Kier molecular flexibility index (Phi) is 5.46. The van der Waals surface area contributed by atoms with Crippen molar-refractivity contribution in [1.82, 2.24) is 10.2 Å². The van der Waals surface area contributed by atoms with E-state index < -0.39 is 5.97 Å². The largest absolute Gasteiger partial charge is 0.480 e. The lowest BCUT2D eigenvalue weighted by molar-refractivity contribution is -0.145. The van der Waals surface area contributed by atoms with E-state index in [0.29, 0.717) is 28.5 Å². The number of nitrogens with zero attached hydrogens (tertiary/aromatic N) is 1. The minimum atomic E-state index is -0.472. The molecule has 0 atom stereocenters. The Labute approximate surface area is 137 Å². The summed E-state index contributed by atoms with van der Waals surface area (Å²) in [5.74, 6) is -0.165. The molecule has 5 nitrogen and oxygen atoms in total. The molecule has 2 rings (SSSR count). The number of H-pyrrole nitrogens is 1. The van der Waals surface area contributed by atoms with Gasteiger partial charge >= 0.3 is 5.97 Å². The third-order valence-electron chi connectivity index (χ3n) is 2.85. The third-order valence-corrected chi connectivity index (χ3v) is 3.71. The number of halogens is 2. The molecule has 2 aromatic rings. The molecule has 0 radical (unpaired) electrons. The number of benzene rings is 1. The van der Waals surface area contributed by atoms with Crippen molar-refractivity contribution in [3.05, 3.63) is 52.3 Å². The molecule has 116 valence electrons. The van der Waals surface area contributed by atoms with Gasteiger partial charge in [-0.3, -0.25) is 5.10 Å². The van der Waals surface area contributed by atoms with Gasteiger partial charge in [0.25, 0.3) is 0 Å². The van der Waals surface area contributed by atoms with Crippen LogP contribution in [0, 0.1) is 0 Å². The first-order valence-corrected chi connectivity index (χ1v) is 7.25. The Morgan fingerprint density at radius 3 is 2.73 bits per heavy atom. The zero-order valence-corrected chi connectivity index (χ0v) is 13.4. The lowest BCUT2D eigenvalue weighted by atomic mass is 10.0. The summed E-state index contributed by atoms with van der Waals surface area (Å²) in [6.45, 7) is 5.75. The van der Waals surface area contributed by atoms with Gasteiger partial charge in [-0.25, -0.2) is 4.79 Å². The SMILES string of the molecule is C=C(c1ccn[nH]1)c1ccc(OCC(=O)OCC)c(Cl)c1Cl. The maximum absolute atomic E-state index is 11.3. The number of carbonyl (C=O) groups excluding carboxylic acids is 1. The molecule has 0 aliphatic heterocycles. The maximum atomic E-state index is 11.3. The van der Waals surface area contributed by atoms with Crippen molar-refractivity contribution in [2.75, 3.05) is 13.2 Å². The molecular formula is C15H14Cl2N2O3. The van der Waals surface area contributed by atoms with Crippen LogP contribution in [0.3, 0.4) is 0 Å². The average molecular weight is 341 g/mol. The zero-order chi connectivity index (χ0) is 16.1. The van der Waals surface area contributed by atoms with Crippen LogP contribution < -0.4 is 4.74 Å². The number of hydrogen-bond donors (Lipinski definition) is 1. The second kappa shape index (κ2) is 7.33. The van der Waals surface area contributed by atoms with E-state index in [1.165, 1.54) is 0 Å². The fourth-order valence-electron chi connectivity index (χ4n) is 1.78. The van der Waals surface area contributed by atoms with E-state index in [9.17, 15) is 4.79 Å². The first-order valence-electron chi connectivity index (χ1n) is 6.50. The van der Waals surface area contributed by atoms with Crippen LogP contribution in [0.15, 0.2) is 31.0 Å². The van der Waals surface area contributed by atoms with Gasteiger partial charge in [0.2, 0.25) is 0 Å². The number of nitrogens with one attached hydrogen (secondary N) is 1. The van der Waals surface area contributed by atoms with Crippen LogP contribution in [0.25, 0.3) is 5.57 Å². The summed E-state index contributed by atoms with van der Waals surface area (Å²) in [6, 6.07) is 5.12. The molecule has 1 aromatic heterocycles. The minimum absolute atomic E-state index is 0.212. The van der Waals surface area contributed by atoms with E-state index in [-0.39, 0.29) is 11.6 Å². The topological polar surface area (TPSA) is 64.2 Å². The van der Waals surface area contributed by atoms with Gasteiger partial charge in [-0.1, -0.05) is 29.8 Å². The number of aromatic nitrogens is 2. The molecule has 1 heterocycles. The molecule has 0 unspecified atom stereocenters. The van der Waals surface area contributed by atoms with Gasteiger partial charge in [0.15, 0.2) is 6.61 Å². The number of ether oxygens (including phenoxy) is 2. The van der Waals surface area contributed by atoms with E-state index in [2.05, 4.69) is 16.8 Å². The van der Waals surface area contributed by atoms with Crippen LogP contribution in [0.1, 0.15) is 18.2 Å². The summed E-state index contributed by atoms with van der Waals surface area (Å²) in [7, 11) is 0. The monoisotopic (exact) mass is 340 g/mol. The molecular weight excluding hydrogens is 327 g/mol. The lowest BCUT2D eigenvalue weighted by Gasteiger charge is -2.12. The molecule has 0 amide bonds. The molecule has 0 fully saturated rings. The molecule has 22 heavy (non-hydrogen) atoms. The third kappa shape index (κ3) is 3.61. The van der Waals surface area contributed by atoms with Crippen LogP contribution >= 0.6 is 23.2 Å². The van der Waals surface area contributed by atoms with Crippen molar-refractivity contribution in [2.24, 2.45) is 0 Å². The van der Waals surface area contributed by atoms with Gasteiger partial charge in [-0.15, -0.1) is 0 Å². The number of aromatic amines is 1. The highest BCUT2D eigenvalue weighted by Crippen LogP contribution is 2.38. The van der Waals surface area contributed by atoms with Crippen LogP contribution in [-0.4, -0.2) is 29.4 Å². The smallest absolute Gasteiger partial charge is 0.344 e. The molecule has 0 spiro atoms. The highest BCUT2D eigenvalue weighted by Gasteiger charge is 2.15. The lowest BCUT2D eigenvalue weighted by Crippen LogP contribution is -2.14. The van der Waals surface area contributed by atoms with E-state index in [1.54, 1.807) is 31.3 Å². The first kappa shape index (κ1) is 16.4. The van der Waals surface area contributed by atoms with Crippen molar-refractivity contribution >= 4 is 34.7 Å². The van der Waals surface area contributed by atoms with Gasteiger partial charge in [0.1, 0.15) is 10.8 Å². The molecule has 0 aliphatic carbocycles. The summed E-state index contributed by atoms with van der Waals surface area (Å²) in [6.07, 6.45) is 1.62. The predicted octanol–water partition coefficient (Wildman–Crippen LogP) is 3.72. The standard InChI is InChI=1S/C15H14Cl2N2O3/c1-3-21-13(20)8-22-12-5-4-10(14(16)15(12)17)9(2)11-6-7-18-19-11/h4-7H,2-3,8H2,1H3,(H,18,19). The number of rotatable bonds is 6.